The average Bonchev–Trinajstić information content (AvgIpc) is 3.06. The first-order valence-electron chi connectivity index (χ1n) is 9.65. The van der Waals surface area contributed by atoms with E-state index in [-0.39, 0.29) is 18.4 Å². The lowest BCUT2D eigenvalue weighted by molar-refractivity contribution is -0.122. The van der Waals surface area contributed by atoms with Gasteiger partial charge in [0.2, 0.25) is 0 Å². The number of carbonyl (C=O) groups excluding carboxylic acids is 2. The van der Waals surface area contributed by atoms with E-state index in [0.29, 0.717) is 28.6 Å². The van der Waals surface area contributed by atoms with Gasteiger partial charge in [-0.15, -0.1) is 0 Å². The van der Waals surface area contributed by atoms with E-state index in [1.54, 1.807) is 36.4 Å². The summed E-state index contributed by atoms with van der Waals surface area (Å²) in [5.74, 6) is 0.0516. The summed E-state index contributed by atoms with van der Waals surface area (Å²) < 4.78 is 7.48. The highest BCUT2D eigenvalue weighted by molar-refractivity contribution is 6.34. The summed E-state index contributed by atoms with van der Waals surface area (Å²) in [6.45, 7) is 6.37. The Morgan fingerprint density at radius 1 is 1.00 bits per heavy atom. The van der Waals surface area contributed by atoms with E-state index in [0.717, 1.165) is 17.1 Å². The van der Waals surface area contributed by atoms with E-state index in [1.807, 2.05) is 39.0 Å². The van der Waals surface area contributed by atoms with E-state index in [1.165, 1.54) is 0 Å². The maximum absolute atomic E-state index is 12.8. The van der Waals surface area contributed by atoms with Crippen LogP contribution in [0.25, 0.3) is 5.69 Å². The number of halogens is 1. The Morgan fingerprint density at radius 2 is 1.67 bits per heavy atom. The minimum Gasteiger partial charge on any atom is -0.484 e. The molecule has 3 rings (SSSR count). The third-order valence-corrected chi connectivity index (χ3v) is 4.91. The lowest BCUT2D eigenvalue weighted by Gasteiger charge is -2.13. The van der Waals surface area contributed by atoms with Gasteiger partial charge in [0.1, 0.15) is 5.75 Å². The van der Waals surface area contributed by atoms with Gasteiger partial charge in [-0.2, -0.15) is 0 Å². The van der Waals surface area contributed by atoms with Crippen molar-refractivity contribution in [1.29, 1.82) is 0 Å². The molecule has 0 saturated carbocycles. The van der Waals surface area contributed by atoms with Gasteiger partial charge in [0.25, 0.3) is 11.8 Å². The molecular weight excluding hydrogens is 402 g/mol. The second kappa shape index (κ2) is 9.50. The van der Waals surface area contributed by atoms with Crippen LogP contribution in [0, 0.1) is 13.8 Å². The van der Waals surface area contributed by atoms with Gasteiger partial charge in [-0.05, 0) is 75.4 Å². The van der Waals surface area contributed by atoms with Crippen LogP contribution in [0.3, 0.4) is 0 Å². The van der Waals surface area contributed by atoms with Crippen LogP contribution in [0.2, 0.25) is 5.02 Å². The zero-order valence-electron chi connectivity index (χ0n) is 17.2. The fourth-order valence-electron chi connectivity index (χ4n) is 3.13. The Kier molecular flexibility index (Phi) is 6.79. The second-order valence-electron chi connectivity index (χ2n) is 6.84. The summed E-state index contributed by atoms with van der Waals surface area (Å²) in [6, 6.07) is 16.3. The van der Waals surface area contributed by atoms with Crippen LogP contribution < -0.4 is 15.4 Å². The quantitative estimate of drug-likeness (QED) is 0.584. The van der Waals surface area contributed by atoms with Gasteiger partial charge in [-0.1, -0.05) is 11.6 Å². The van der Waals surface area contributed by atoms with Crippen LogP contribution in [0.5, 0.6) is 5.75 Å². The Morgan fingerprint density at radius 3 is 2.30 bits per heavy atom. The van der Waals surface area contributed by atoms with Crippen molar-refractivity contribution in [1.82, 2.24) is 9.88 Å². The van der Waals surface area contributed by atoms with Crippen molar-refractivity contribution in [3.63, 3.8) is 0 Å². The minimum absolute atomic E-state index is 0.0554. The fourth-order valence-corrected chi connectivity index (χ4v) is 3.34. The minimum atomic E-state index is -0.305. The van der Waals surface area contributed by atoms with Gasteiger partial charge >= 0.3 is 0 Å². The number of hydrogen-bond donors (Lipinski definition) is 2. The molecular formula is C23H24ClN3O3. The molecule has 0 fully saturated rings. The summed E-state index contributed by atoms with van der Waals surface area (Å²) in [5, 5.41) is 5.88. The smallest absolute Gasteiger partial charge is 0.257 e. The number of likely N-dealkylation sites (N-methyl/N-ethyl adjacent to an activating group) is 1. The Balaban J connectivity index is 1.71. The fraction of sp³-hybridized carbons (Fsp3) is 0.217. The molecule has 0 unspecified atom stereocenters. The van der Waals surface area contributed by atoms with Gasteiger partial charge in [-0.3, -0.25) is 9.59 Å². The lowest BCUT2D eigenvalue weighted by atomic mass is 10.1. The Bertz CT molecular complexity index is 1040. The molecule has 1 heterocycles. The molecule has 1 aromatic heterocycles. The standard InChI is InChI=1S/C23H24ClN3O3/c1-4-25-22(28)14-30-19-10-7-17(8-11-19)26-23(29)20-13-18(9-12-21(20)24)27-15(2)5-6-16(27)3/h5-13H,4,14H2,1-3H3,(H,25,28)(H,26,29). The SMILES string of the molecule is CCNC(=O)COc1ccc(NC(=O)c2cc(-n3c(C)ccc3C)ccc2Cl)cc1. The monoisotopic (exact) mass is 425 g/mol. The molecule has 6 nitrogen and oxygen atoms in total. The summed E-state index contributed by atoms with van der Waals surface area (Å²) in [6.07, 6.45) is 0. The molecule has 3 aromatic rings. The molecule has 7 heteroatoms. The van der Waals surface area contributed by atoms with Crippen molar-refractivity contribution in [3.8, 4) is 11.4 Å². The highest BCUT2D eigenvalue weighted by Gasteiger charge is 2.14. The molecule has 0 spiro atoms. The molecule has 156 valence electrons. The number of rotatable bonds is 7. The van der Waals surface area contributed by atoms with E-state index >= 15 is 0 Å². The first kappa shape index (κ1) is 21.5. The molecule has 0 aliphatic rings. The van der Waals surface area contributed by atoms with E-state index in [2.05, 4.69) is 15.2 Å². The number of aryl methyl sites for hydroxylation is 2. The van der Waals surface area contributed by atoms with Gasteiger partial charge in [0.05, 0.1) is 10.6 Å². The number of ether oxygens (including phenoxy) is 1. The van der Waals surface area contributed by atoms with Gasteiger partial charge in [0.15, 0.2) is 6.61 Å². The van der Waals surface area contributed by atoms with Crippen LogP contribution in [0.1, 0.15) is 28.7 Å². The maximum Gasteiger partial charge on any atom is 0.257 e. The average molecular weight is 426 g/mol. The normalized spacial score (nSPS) is 10.5. The molecule has 0 atom stereocenters. The van der Waals surface area contributed by atoms with Crippen LogP contribution >= 0.6 is 11.6 Å². The van der Waals surface area contributed by atoms with Crippen LogP contribution in [-0.2, 0) is 4.79 Å². The predicted octanol–water partition coefficient (Wildman–Crippen LogP) is 4.51. The van der Waals surface area contributed by atoms with Crippen LogP contribution in [-0.4, -0.2) is 29.5 Å². The van der Waals surface area contributed by atoms with E-state index in [4.69, 9.17) is 16.3 Å². The Labute approximate surface area is 180 Å². The van der Waals surface area contributed by atoms with Crippen molar-refractivity contribution in [2.24, 2.45) is 0 Å². The second-order valence-corrected chi connectivity index (χ2v) is 7.24. The number of nitrogens with one attached hydrogen (secondary N) is 2. The number of anilines is 1. The molecule has 0 aliphatic carbocycles. The molecule has 30 heavy (non-hydrogen) atoms. The third kappa shape index (κ3) is 5.02. The number of hydrogen-bond acceptors (Lipinski definition) is 3. The van der Waals surface area contributed by atoms with Crippen molar-refractivity contribution in [3.05, 3.63) is 76.6 Å². The number of carbonyl (C=O) groups is 2. The molecule has 0 bridgehead atoms. The van der Waals surface area contributed by atoms with Crippen LogP contribution in [0.4, 0.5) is 5.69 Å². The Hall–Kier alpha value is -3.25. The topological polar surface area (TPSA) is 72.4 Å². The van der Waals surface area contributed by atoms with Crippen molar-refractivity contribution in [2.75, 3.05) is 18.5 Å². The highest BCUT2D eigenvalue weighted by Crippen LogP contribution is 2.24. The van der Waals surface area contributed by atoms with Crippen LogP contribution in [0.15, 0.2) is 54.6 Å². The highest BCUT2D eigenvalue weighted by atomic mass is 35.5. The van der Waals surface area contributed by atoms with Gasteiger partial charge in [0, 0.05) is 29.3 Å². The summed E-state index contributed by atoms with van der Waals surface area (Å²) in [4.78, 5) is 24.3. The van der Waals surface area contributed by atoms with E-state index < -0.39 is 0 Å². The van der Waals surface area contributed by atoms with Crippen molar-refractivity contribution >= 4 is 29.1 Å². The predicted molar refractivity (Wildman–Crippen MR) is 119 cm³/mol. The molecule has 2 amide bonds. The largest absolute Gasteiger partial charge is 0.484 e. The van der Waals surface area contributed by atoms with Gasteiger partial charge < -0.3 is 19.9 Å². The number of benzene rings is 2. The van der Waals surface area contributed by atoms with Gasteiger partial charge in [-0.25, -0.2) is 0 Å². The number of aromatic nitrogens is 1. The summed E-state index contributed by atoms with van der Waals surface area (Å²) >= 11 is 6.29. The van der Waals surface area contributed by atoms with Crippen molar-refractivity contribution < 1.29 is 14.3 Å². The zero-order valence-corrected chi connectivity index (χ0v) is 17.9. The first-order chi connectivity index (χ1) is 14.4. The molecule has 0 aliphatic heterocycles. The zero-order chi connectivity index (χ0) is 21.7. The maximum atomic E-state index is 12.8. The third-order valence-electron chi connectivity index (χ3n) is 4.58. The first-order valence-corrected chi connectivity index (χ1v) is 10.0. The molecule has 0 radical (unpaired) electrons. The number of nitrogens with zero attached hydrogens (tertiary/aromatic N) is 1. The summed E-state index contributed by atoms with van der Waals surface area (Å²) in [7, 11) is 0. The molecule has 0 saturated heterocycles. The molecule has 2 N–H and O–H groups in total. The molecule has 2 aromatic carbocycles. The lowest BCUT2D eigenvalue weighted by Crippen LogP contribution is -2.28. The van der Waals surface area contributed by atoms with Crippen molar-refractivity contribution in [2.45, 2.75) is 20.8 Å². The van der Waals surface area contributed by atoms with E-state index in [9.17, 15) is 9.59 Å². The summed E-state index contributed by atoms with van der Waals surface area (Å²) in [5.41, 5.74) is 4.01. The number of amides is 2.